The van der Waals surface area contributed by atoms with Crippen LogP contribution in [0.4, 0.5) is 0 Å². The maximum absolute atomic E-state index is 12.2. The van der Waals surface area contributed by atoms with Crippen molar-refractivity contribution in [2.45, 2.75) is 40.0 Å². The van der Waals surface area contributed by atoms with Crippen molar-refractivity contribution in [3.8, 4) is 0 Å². The molecule has 0 aliphatic rings. The van der Waals surface area contributed by atoms with E-state index >= 15 is 0 Å². The topological polar surface area (TPSA) is 51.2 Å². The number of carbonyl (C=O) groups excluding carboxylic acids is 3. The zero-order valence-electron chi connectivity index (χ0n) is 13.2. The molecule has 0 heterocycles. The molecule has 0 saturated carbocycles. The molecule has 2 aromatic carbocycles. The van der Waals surface area contributed by atoms with Crippen LogP contribution in [0.5, 0.6) is 0 Å². The molecule has 2 aromatic rings. The lowest BCUT2D eigenvalue weighted by atomic mass is 9.91. The van der Waals surface area contributed by atoms with E-state index in [-0.39, 0.29) is 17.3 Å². The maximum atomic E-state index is 12.2. The van der Waals surface area contributed by atoms with Crippen LogP contribution in [0.25, 0.3) is 10.8 Å². The third kappa shape index (κ3) is 2.84. The molecule has 2 rings (SSSR count). The molecule has 0 atom stereocenters. The molecule has 0 amide bonds. The van der Waals surface area contributed by atoms with E-state index in [0.717, 1.165) is 5.39 Å². The van der Waals surface area contributed by atoms with E-state index in [4.69, 9.17) is 0 Å². The summed E-state index contributed by atoms with van der Waals surface area (Å²) in [5, 5.41) is 1.45. The van der Waals surface area contributed by atoms with E-state index in [9.17, 15) is 14.4 Å². The fraction of sp³-hybridized carbons (Fsp3) is 0.316. The van der Waals surface area contributed by atoms with Crippen LogP contribution in [-0.4, -0.2) is 17.3 Å². The fourth-order valence-corrected chi connectivity index (χ4v) is 2.61. The predicted octanol–water partition coefficient (Wildman–Crippen LogP) is 4.62. The summed E-state index contributed by atoms with van der Waals surface area (Å²) in [6.45, 7) is 5.39. The summed E-state index contributed by atoms with van der Waals surface area (Å²) in [5.41, 5.74) is 1.61. The molecule has 3 heteroatoms. The molecular formula is C19H20O3. The van der Waals surface area contributed by atoms with Crippen LogP contribution in [0.3, 0.4) is 0 Å². The molecule has 22 heavy (non-hydrogen) atoms. The number of hydrogen-bond acceptors (Lipinski definition) is 3. The van der Waals surface area contributed by atoms with Crippen LogP contribution in [0.1, 0.15) is 71.1 Å². The Morgan fingerprint density at radius 3 is 1.91 bits per heavy atom. The fourth-order valence-electron chi connectivity index (χ4n) is 2.61. The largest absolute Gasteiger partial charge is 0.294 e. The SMILES string of the molecule is CCC(=O)c1cc(C(=O)CC)c2cccc(C(=O)CC)c2c1. The molecule has 0 unspecified atom stereocenters. The molecule has 114 valence electrons. The molecule has 0 aliphatic carbocycles. The zero-order chi connectivity index (χ0) is 16.3. The first kappa shape index (κ1) is 16.1. The van der Waals surface area contributed by atoms with Crippen molar-refractivity contribution in [2.75, 3.05) is 0 Å². The van der Waals surface area contributed by atoms with Crippen molar-refractivity contribution in [3.05, 3.63) is 47.0 Å². The number of hydrogen-bond donors (Lipinski definition) is 0. The third-order valence-electron chi connectivity index (χ3n) is 3.88. The van der Waals surface area contributed by atoms with E-state index in [1.165, 1.54) is 0 Å². The van der Waals surface area contributed by atoms with Gasteiger partial charge in [-0.1, -0.05) is 39.0 Å². The normalized spacial score (nSPS) is 10.7. The smallest absolute Gasteiger partial charge is 0.163 e. The zero-order valence-corrected chi connectivity index (χ0v) is 13.2. The number of ketones is 3. The van der Waals surface area contributed by atoms with E-state index in [1.54, 1.807) is 45.0 Å². The molecule has 0 spiro atoms. The average molecular weight is 296 g/mol. The highest BCUT2D eigenvalue weighted by atomic mass is 16.1. The molecule has 0 aromatic heterocycles. The first-order valence-corrected chi connectivity index (χ1v) is 7.69. The van der Waals surface area contributed by atoms with Crippen LogP contribution in [0.2, 0.25) is 0 Å². The molecule has 0 saturated heterocycles. The minimum Gasteiger partial charge on any atom is -0.294 e. The van der Waals surface area contributed by atoms with Crippen LogP contribution in [-0.2, 0) is 0 Å². The molecular weight excluding hydrogens is 276 g/mol. The minimum atomic E-state index is -0.0224. The second-order valence-corrected chi connectivity index (χ2v) is 5.25. The van der Waals surface area contributed by atoms with Gasteiger partial charge in [-0.15, -0.1) is 0 Å². The van der Waals surface area contributed by atoms with Crippen molar-refractivity contribution in [3.63, 3.8) is 0 Å². The summed E-state index contributed by atoms with van der Waals surface area (Å²) < 4.78 is 0. The van der Waals surface area contributed by atoms with Gasteiger partial charge in [0.1, 0.15) is 0 Å². The highest BCUT2D eigenvalue weighted by molar-refractivity contribution is 6.16. The average Bonchev–Trinajstić information content (AvgIpc) is 2.57. The van der Waals surface area contributed by atoms with Crippen molar-refractivity contribution >= 4 is 28.1 Å². The highest BCUT2D eigenvalue weighted by Crippen LogP contribution is 2.27. The second-order valence-electron chi connectivity index (χ2n) is 5.25. The molecule has 0 N–H and O–H groups in total. The monoisotopic (exact) mass is 296 g/mol. The Kier molecular flexibility index (Phi) is 4.86. The van der Waals surface area contributed by atoms with Crippen molar-refractivity contribution < 1.29 is 14.4 Å². The summed E-state index contributed by atoms with van der Waals surface area (Å²) in [4.78, 5) is 36.5. The number of benzene rings is 2. The number of Topliss-reactive ketones (excluding diaryl/α,β-unsaturated/α-hetero) is 3. The van der Waals surface area contributed by atoms with Crippen LogP contribution in [0.15, 0.2) is 30.3 Å². The summed E-state index contributed by atoms with van der Waals surface area (Å²) >= 11 is 0. The van der Waals surface area contributed by atoms with Gasteiger partial charge in [0.25, 0.3) is 0 Å². The van der Waals surface area contributed by atoms with Gasteiger partial charge >= 0.3 is 0 Å². The lowest BCUT2D eigenvalue weighted by molar-refractivity contribution is 0.0976. The van der Waals surface area contributed by atoms with Crippen molar-refractivity contribution in [2.24, 2.45) is 0 Å². The van der Waals surface area contributed by atoms with Gasteiger partial charge in [0.15, 0.2) is 17.3 Å². The van der Waals surface area contributed by atoms with Crippen LogP contribution < -0.4 is 0 Å². The highest BCUT2D eigenvalue weighted by Gasteiger charge is 2.17. The molecule has 0 fully saturated rings. The standard InChI is InChI=1S/C19H20O3/c1-4-17(20)12-10-15-13(16(11-12)19(22)6-3)8-7-9-14(15)18(21)5-2/h7-11H,4-6H2,1-3H3. The van der Waals surface area contributed by atoms with E-state index in [2.05, 4.69) is 0 Å². The number of rotatable bonds is 6. The summed E-state index contributed by atoms with van der Waals surface area (Å²) in [6, 6.07) is 8.80. The van der Waals surface area contributed by atoms with Crippen molar-refractivity contribution in [1.29, 1.82) is 0 Å². The summed E-state index contributed by atoms with van der Waals surface area (Å²) in [5.74, 6) is -0.0238. The molecule has 0 radical (unpaired) electrons. The lowest BCUT2D eigenvalue weighted by Crippen LogP contribution is -2.06. The van der Waals surface area contributed by atoms with Crippen LogP contribution >= 0.6 is 0 Å². The quantitative estimate of drug-likeness (QED) is 0.731. The van der Waals surface area contributed by atoms with E-state index in [0.29, 0.717) is 41.3 Å². The van der Waals surface area contributed by atoms with Gasteiger partial charge in [-0.05, 0) is 22.9 Å². The first-order chi connectivity index (χ1) is 10.5. The molecule has 0 aliphatic heterocycles. The Bertz CT molecular complexity index is 757. The van der Waals surface area contributed by atoms with Crippen LogP contribution in [0, 0.1) is 0 Å². The van der Waals surface area contributed by atoms with Gasteiger partial charge in [-0.25, -0.2) is 0 Å². The Morgan fingerprint density at radius 2 is 1.32 bits per heavy atom. The van der Waals surface area contributed by atoms with Gasteiger partial charge in [0.2, 0.25) is 0 Å². The third-order valence-corrected chi connectivity index (χ3v) is 3.88. The van der Waals surface area contributed by atoms with Gasteiger partial charge in [0, 0.05) is 36.0 Å². The minimum absolute atomic E-state index is 0.0154. The predicted molar refractivity (Wildman–Crippen MR) is 87.8 cm³/mol. The Hall–Kier alpha value is -2.29. The second kappa shape index (κ2) is 6.65. The van der Waals surface area contributed by atoms with E-state index < -0.39 is 0 Å². The van der Waals surface area contributed by atoms with Gasteiger partial charge in [0.05, 0.1) is 0 Å². The Labute approximate surface area is 130 Å². The molecule has 3 nitrogen and oxygen atoms in total. The van der Waals surface area contributed by atoms with Gasteiger partial charge < -0.3 is 0 Å². The van der Waals surface area contributed by atoms with E-state index in [1.807, 2.05) is 6.07 Å². The lowest BCUT2D eigenvalue weighted by Gasteiger charge is -2.11. The molecule has 0 bridgehead atoms. The van der Waals surface area contributed by atoms with Gasteiger partial charge in [-0.3, -0.25) is 14.4 Å². The van der Waals surface area contributed by atoms with Gasteiger partial charge in [-0.2, -0.15) is 0 Å². The maximum Gasteiger partial charge on any atom is 0.163 e. The number of carbonyl (C=O) groups is 3. The number of fused-ring (bicyclic) bond motifs is 1. The Morgan fingerprint density at radius 1 is 0.727 bits per heavy atom. The summed E-state index contributed by atoms with van der Waals surface area (Å²) in [6.07, 6.45) is 1.13. The summed E-state index contributed by atoms with van der Waals surface area (Å²) in [7, 11) is 0. The first-order valence-electron chi connectivity index (χ1n) is 7.69. The van der Waals surface area contributed by atoms with Crippen molar-refractivity contribution in [1.82, 2.24) is 0 Å². The Balaban J connectivity index is 2.85.